The van der Waals surface area contributed by atoms with Gasteiger partial charge in [0.15, 0.2) is 0 Å². The maximum atomic E-state index is 4.01. The summed E-state index contributed by atoms with van der Waals surface area (Å²) in [5, 5.41) is 0. The van der Waals surface area contributed by atoms with Crippen LogP contribution in [0.5, 0.6) is 0 Å². The lowest BCUT2D eigenvalue weighted by molar-refractivity contribution is 1.58. The van der Waals surface area contributed by atoms with Crippen molar-refractivity contribution in [2.75, 3.05) is 0 Å². The summed E-state index contributed by atoms with van der Waals surface area (Å²) in [5.74, 6) is 2.84. The van der Waals surface area contributed by atoms with E-state index in [-0.39, 0.29) is 0 Å². The Morgan fingerprint density at radius 1 is 1.17 bits per heavy atom. The van der Waals surface area contributed by atoms with Crippen LogP contribution in [0.2, 0.25) is 0 Å². The van der Waals surface area contributed by atoms with Gasteiger partial charge in [-0.1, -0.05) is 24.3 Å². The molecule has 1 heterocycles. The zero-order valence-corrected chi connectivity index (χ0v) is 7.88. The third-order valence-corrected chi connectivity index (χ3v) is 2.07. The van der Waals surface area contributed by atoms with Gasteiger partial charge in [-0.15, -0.1) is 0 Å². The number of aliphatic imine (C=N–C) groups is 1. The molecule has 12 heavy (non-hydrogen) atoms. The lowest BCUT2D eigenvalue weighted by Gasteiger charge is -1.96. The number of hydrogen-bond donors (Lipinski definition) is 0. The molecule has 58 valence electrons. The standard InChI is InChI=1S/C10H6BrN/c11-10-7-9-4-2-1-3-8(9)5-6-12-10/h1-5,7H. The molecule has 0 aliphatic carbocycles. The minimum Gasteiger partial charge on any atom is -0.199 e. The van der Waals surface area contributed by atoms with Crippen molar-refractivity contribution in [1.29, 1.82) is 0 Å². The first-order valence-corrected chi connectivity index (χ1v) is 4.41. The molecule has 1 aliphatic heterocycles. The van der Waals surface area contributed by atoms with Gasteiger partial charge in [0.05, 0.1) is 0 Å². The summed E-state index contributed by atoms with van der Waals surface area (Å²) in [6.45, 7) is 0. The van der Waals surface area contributed by atoms with Crippen molar-refractivity contribution in [3.8, 4) is 0 Å². The van der Waals surface area contributed by atoms with E-state index in [1.165, 1.54) is 0 Å². The highest BCUT2D eigenvalue weighted by Gasteiger charge is 1.98. The lowest BCUT2D eigenvalue weighted by Crippen LogP contribution is -1.77. The van der Waals surface area contributed by atoms with E-state index >= 15 is 0 Å². The molecule has 0 fully saturated rings. The highest BCUT2D eigenvalue weighted by molar-refractivity contribution is 9.11. The van der Waals surface area contributed by atoms with Crippen molar-refractivity contribution in [3.05, 3.63) is 40.0 Å². The van der Waals surface area contributed by atoms with Crippen LogP contribution < -0.4 is 0 Å². The summed E-state index contributed by atoms with van der Waals surface area (Å²) >= 11 is 3.32. The minimum atomic E-state index is 0.809. The molecular formula is C10H6BrN. The van der Waals surface area contributed by atoms with Gasteiger partial charge < -0.3 is 0 Å². The summed E-state index contributed by atoms with van der Waals surface area (Å²) in [5.41, 5.74) is 2.31. The summed E-state index contributed by atoms with van der Waals surface area (Å²) in [6.07, 6.45) is 3.85. The second kappa shape index (κ2) is 3.10. The first-order chi connectivity index (χ1) is 5.86. The molecule has 0 amide bonds. The highest BCUT2D eigenvalue weighted by atomic mass is 79.9. The molecule has 2 heteroatoms. The first kappa shape index (κ1) is 7.53. The van der Waals surface area contributed by atoms with Crippen molar-refractivity contribution in [1.82, 2.24) is 0 Å². The van der Waals surface area contributed by atoms with Crippen LogP contribution in [0.15, 0.2) is 33.9 Å². The molecule has 0 aromatic heterocycles. The Labute approximate surface area is 79.3 Å². The van der Waals surface area contributed by atoms with Crippen LogP contribution in [0.25, 0.3) is 12.2 Å². The number of halogens is 1. The molecule has 0 unspecified atom stereocenters. The fourth-order valence-corrected chi connectivity index (χ4v) is 1.45. The van der Waals surface area contributed by atoms with Crippen LogP contribution in [-0.4, -0.2) is 5.87 Å². The predicted octanol–water partition coefficient (Wildman–Crippen LogP) is 3.08. The van der Waals surface area contributed by atoms with Crippen LogP contribution >= 0.6 is 15.9 Å². The molecular weight excluding hydrogens is 214 g/mol. The number of rotatable bonds is 0. The van der Waals surface area contributed by atoms with Crippen LogP contribution in [0.3, 0.4) is 0 Å². The Kier molecular flexibility index (Phi) is 1.94. The Hall–Kier alpha value is -1.11. The van der Waals surface area contributed by atoms with Crippen LogP contribution in [0, 0.1) is 0 Å². The largest absolute Gasteiger partial charge is 0.199 e. The van der Waals surface area contributed by atoms with Crippen molar-refractivity contribution in [3.63, 3.8) is 0 Å². The number of benzene rings is 1. The lowest BCUT2D eigenvalue weighted by atomic mass is 10.1. The molecule has 0 bridgehead atoms. The molecule has 1 aromatic rings. The number of fused-ring (bicyclic) bond motifs is 1. The van der Waals surface area contributed by atoms with E-state index in [1.54, 1.807) is 0 Å². The van der Waals surface area contributed by atoms with Gasteiger partial charge in [0.1, 0.15) is 4.61 Å². The zero-order valence-electron chi connectivity index (χ0n) is 6.29. The maximum absolute atomic E-state index is 4.01. The summed E-state index contributed by atoms with van der Waals surface area (Å²) in [6, 6.07) is 8.11. The Morgan fingerprint density at radius 2 is 1.92 bits per heavy atom. The minimum absolute atomic E-state index is 0.809. The highest BCUT2D eigenvalue weighted by Crippen LogP contribution is 2.19. The molecule has 0 saturated carbocycles. The van der Waals surface area contributed by atoms with E-state index in [1.807, 2.05) is 30.4 Å². The van der Waals surface area contributed by atoms with Gasteiger partial charge >= 0.3 is 0 Å². The third-order valence-electron chi connectivity index (χ3n) is 1.66. The Balaban J connectivity index is 2.67. The van der Waals surface area contributed by atoms with Gasteiger partial charge in [0.25, 0.3) is 0 Å². The average Bonchev–Trinajstić information content (AvgIpc) is 2.25. The van der Waals surface area contributed by atoms with Gasteiger partial charge in [0, 0.05) is 6.08 Å². The van der Waals surface area contributed by atoms with E-state index in [2.05, 4.69) is 32.9 Å². The summed E-state index contributed by atoms with van der Waals surface area (Å²) in [7, 11) is 0. The van der Waals surface area contributed by atoms with Crippen LogP contribution in [-0.2, 0) is 0 Å². The molecule has 0 radical (unpaired) electrons. The molecule has 0 saturated heterocycles. The second-order valence-electron chi connectivity index (χ2n) is 2.48. The number of hydrogen-bond acceptors (Lipinski definition) is 1. The van der Waals surface area contributed by atoms with E-state index in [0.717, 1.165) is 15.7 Å². The predicted molar refractivity (Wildman–Crippen MR) is 55.2 cm³/mol. The van der Waals surface area contributed by atoms with Gasteiger partial charge in [-0.25, -0.2) is 0 Å². The fraction of sp³-hybridized carbons (Fsp3) is 0. The van der Waals surface area contributed by atoms with E-state index in [0.29, 0.717) is 0 Å². The fourth-order valence-electron chi connectivity index (χ4n) is 1.10. The van der Waals surface area contributed by atoms with Crippen molar-refractivity contribution in [2.24, 2.45) is 4.99 Å². The van der Waals surface area contributed by atoms with E-state index < -0.39 is 0 Å². The zero-order chi connectivity index (χ0) is 8.39. The normalized spacial score (nSPS) is 13.6. The van der Waals surface area contributed by atoms with Crippen LogP contribution in [0.4, 0.5) is 0 Å². The van der Waals surface area contributed by atoms with Crippen LogP contribution in [0.1, 0.15) is 11.1 Å². The van der Waals surface area contributed by atoms with Gasteiger partial charge in [0.2, 0.25) is 0 Å². The van der Waals surface area contributed by atoms with Crippen molar-refractivity contribution < 1.29 is 0 Å². The monoisotopic (exact) mass is 219 g/mol. The SMILES string of the molecule is BrC1=Cc2ccccc2C=C=N1. The van der Waals surface area contributed by atoms with Crippen molar-refractivity contribution >= 4 is 34.0 Å². The van der Waals surface area contributed by atoms with Gasteiger partial charge in [-0.3, -0.25) is 0 Å². The maximum Gasteiger partial charge on any atom is 0.116 e. The Bertz CT molecular complexity index is 398. The second-order valence-corrected chi connectivity index (χ2v) is 3.29. The number of nitrogens with zero attached hydrogens (tertiary/aromatic N) is 1. The smallest absolute Gasteiger partial charge is 0.116 e. The topological polar surface area (TPSA) is 12.4 Å². The summed E-state index contributed by atoms with van der Waals surface area (Å²) in [4.78, 5) is 4.01. The van der Waals surface area contributed by atoms with Gasteiger partial charge in [-0.05, 0) is 39.0 Å². The quantitative estimate of drug-likeness (QED) is 0.595. The van der Waals surface area contributed by atoms with Gasteiger partial charge in [-0.2, -0.15) is 4.99 Å². The van der Waals surface area contributed by atoms with E-state index in [9.17, 15) is 0 Å². The molecule has 1 aliphatic rings. The molecule has 0 spiro atoms. The third kappa shape index (κ3) is 1.40. The van der Waals surface area contributed by atoms with E-state index in [4.69, 9.17) is 0 Å². The Morgan fingerprint density at radius 3 is 2.75 bits per heavy atom. The summed E-state index contributed by atoms with van der Waals surface area (Å²) < 4.78 is 0.809. The molecule has 0 atom stereocenters. The van der Waals surface area contributed by atoms with Crippen molar-refractivity contribution in [2.45, 2.75) is 0 Å². The molecule has 1 nitrogen and oxygen atoms in total. The first-order valence-electron chi connectivity index (χ1n) is 3.62. The average molecular weight is 220 g/mol. The molecule has 1 aromatic carbocycles. The molecule has 0 N–H and O–H groups in total. The molecule has 2 rings (SSSR count).